The second kappa shape index (κ2) is 9.26. The number of methoxy groups -OCH3 is 1. The quantitative estimate of drug-likeness (QED) is 0.762. The molecule has 1 atom stereocenters. The van der Waals surface area contributed by atoms with Crippen molar-refractivity contribution in [2.75, 3.05) is 32.1 Å². The Morgan fingerprint density at radius 1 is 1.18 bits per heavy atom. The zero-order valence-electron chi connectivity index (χ0n) is 16.3. The summed E-state index contributed by atoms with van der Waals surface area (Å²) < 4.78 is 10.8. The van der Waals surface area contributed by atoms with Gasteiger partial charge in [0.2, 0.25) is 11.8 Å². The lowest BCUT2D eigenvalue weighted by Crippen LogP contribution is -2.30. The molecule has 1 N–H and O–H groups in total. The minimum atomic E-state index is -0.346. The molecule has 0 bridgehead atoms. The zero-order valence-corrected chi connectivity index (χ0v) is 16.3. The van der Waals surface area contributed by atoms with Gasteiger partial charge in [0.25, 0.3) is 0 Å². The fraction of sp³-hybridized carbons (Fsp3) is 0.364. The number of nitrogens with zero attached hydrogens (tertiary/aromatic N) is 1. The van der Waals surface area contributed by atoms with Gasteiger partial charge in [0.15, 0.2) is 11.5 Å². The normalized spacial score (nSPS) is 16.1. The summed E-state index contributed by atoms with van der Waals surface area (Å²) in [6.07, 6.45) is 1.03. The average molecular weight is 382 g/mol. The van der Waals surface area contributed by atoms with Gasteiger partial charge in [0.1, 0.15) is 0 Å². The molecule has 1 aliphatic heterocycles. The third kappa shape index (κ3) is 4.82. The number of carbonyl (C=O) groups is 2. The highest BCUT2D eigenvalue weighted by molar-refractivity contribution is 5.97. The fourth-order valence-electron chi connectivity index (χ4n) is 3.34. The van der Waals surface area contributed by atoms with Gasteiger partial charge in [0.05, 0.1) is 19.6 Å². The van der Waals surface area contributed by atoms with Crippen LogP contribution in [0.2, 0.25) is 0 Å². The van der Waals surface area contributed by atoms with Crippen molar-refractivity contribution in [3.63, 3.8) is 0 Å². The van der Waals surface area contributed by atoms with E-state index in [-0.39, 0.29) is 24.2 Å². The largest absolute Gasteiger partial charge is 0.493 e. The van der Waals surface area contributed by atoms with E-state index in [4.69, 9.17) is 9.47 Å². The van der Waals surface area contributed by atoms with E-state index < -0.39 is 0 Å². The summed E-state index contributed by atoms with van der Waals surface area (Å²) in [7, 11) is 1.56. The molecule has 1 fully saturated rings. The Morgan fingerprint density at radius 3 is 2.68 bits per heavy atom. The number of rotatable bonds is 8. The molecule has 28 heavy (non-hydrogen) atoms. The Morgan fingerprint density at radius 2 is 1.96 bits per heavy atom. The van der Waals surface area contributed by atoms with Gasteiger partial charge >= 0.3 is 0 Å². The second-order valence-electron chi connectivity index (χ2n) is 6.76. The molecule has 0 spiro atoms. The molecule has 2 amide bonds. The van der Waals surface area contributed by atoms with Crippen LogP contribution in [0, 0.1) is 5.92 Å². The summed E-state index contributed by atoms with van der Waals surface area (Å²) in [6, 6.07) is 15.3. The Hall–Kier alpha value is -3.02. The van der Waals surface area contributed by atoms with E-state index in [0.29, 0.717) is 36.9 Å². The van der Waals surface area contributed by atoms with Crippen molar-refractivity contribution in [2.45, 2.75) is 19.8 Å². The van der Waals surface area contributed by atoms with Crippen molar-refractivity contribution in [1.82, 2.24) is 4.90 Å². The summed E-state index contributed by atoms with van der Waals surface area (Å²) in [5, 5.41) is 2.89. The van der Waals surface area contributed by atoms with Crippen molar-refractivity contribution >= 4 is 17.5 Å². The third-order valence-corrected chi connectivity index (χ3v) is 4.83. The van der Waals surface area contributed by atoms with Crippen molar-refractivity contribution in [3.05, 3.63) is 54.1 Å². The molecule has 148 valence electrons. The van der Waals surface area contributed by atoms with Gasteiger partial charge in [0, 0.05) is 31.3 Å². The van der Waals surface area contributed by atoms with Crippen molar-refractivity contribution in [3.8, 4) is 11.5 Å². The Labute approximate surface area is 165 Å². The van der Waals surface area contributed by atoms with Crippen LogP contribution in [-0.4, -0.2) is 43.5 Å². The molecule has 0 radical (unpaired) electrons. The van der Waals surface area contributed by atoms with Crippen molar-refractivity contribution in [2.24, 2.45) is 5.92 Å². The number of likely N-dealkylation sites (tertiary alicyclic amines) is 1. The van der Waals surface area contributed by atoms with Gasteiger partial charge in [-0.15, -0.1) is 0 Å². The summed E-state index contributed by atoms with van der Waals surface area (Å²) in [4.78, 5) is 26.7. The number of amides is 2. The topological polar surface area (TPSA) is 67.9 Å². The minimum absolute atomic E-state index is 0.0281. The van der Waals surface area contributed by atoms with Gasteiger partial charge in [-0.3, -0.25) is 9.59 Å². The van der Waals surface area contributed by atoms with Crippen LogP contribution in [0.25, 0.3) is 0 Å². The van der Waals surface area contributed by atoms with Crippen molar-refractivity contribution in [1.29, 1.82) is 0 Å². The first-order valence-corrected chi connectivity index (χ1v) is 9.54. The van der Waals surface area contributed by atoms with E-state index >= 15 is 0 Å². The number of nitrogens with one attached hydrogen (secondary N) is 1. The van der Waals surface area contributed by atoms with E-state index in [2.05, 4.69) is 5.32 Å². The molecule has 2 aromatic rings. The maximum absolute atomic E-state index is 12.6. The molecule has 0 unspecified atom stereocenters. The second-order valence-corrected chi connectivity index (χ2v) is 6.76. The number of benzene rings is 2. The van der Waals surface area contributed by atoms with Gasteiger partial charge in [-0.05, 0) is 31.0 Å². The van der Waals surface area contributed by atoms with Gasteiger partial charge < -0.3 is 19.7 Å². The third-order valence-electron chi connectivity index (χ3n) is 4.83. The van der Waals surface area contributed by atoms with E-state index in [1.54, 1.807) is 30.2 Å². The summed E-state index contributed by atoms with van der Waals surface area (Å²) in [6.45, 7) is 3.51. The van der Waals surface area contributed by atoms with Gasteiger partial charge in [-0.25, -0.2) is 0 Å². The molecule has 1 aliphatic rings. The van der Waals surface area contributed by atoms with Crippen LogP contribution in [0.3, 0.4) is 0 Å². The highest BCUT2D eigenvalue weighted by atomic mass is 16.5. The molecule has 0 aromatic heterocycles. The zero-order chi connectivity index (χ0) is 19.9. The maximum Gasteiger partial charge on any atom is 0.229 e. The van der Waals surface area contributed by atoms with E-state index in [1.807, 2.05) is 37.3 Å². The molecular weight excluding hydrogens is 356 g/mol. The number of carbonyl (C=O) groups excluding carboxylic acids is 2. The molecule has 0 saturated carbocycles. The lowest BCUT2D eigenvalue weighted by atomic mass is 10.1. The lowest BCUT2D eigenvalue weighted by Gasteiger charge is -2.17. The first-order valence-electron chi connectivity index (χ1n) is 9.54. The van der Waals surface area contributed by atoms with Crippen LogP contribution >= 0.6 is 0 Å². The summed E-state index contributed by atoms with van der Waals surface area (Å²) in [5.74, 6) is 0.723. The minimum Gasteiger partial charge on any atom is -0.493 e. The molecule has 1 saturated heterocycles. The standard InChI is InChI=1S/C22H26N2O4/c1-3-28-19-10-9-18(14-20(19)27-2)23-22(26)17-13-21(25)24(15-17)12-11-16-7-5-4-6-8-16/h4-10,14,17H,3,11-13,15H2,1-2H3,(H,23,26)/t17-/m0/s1. The monoisotopic (exact) mass is 382 g/mol. The first kappa shape index (κ1) is 19.7. The molecule has 6 heteroatoms. The van der Waals surface area contributed by atoms with Crippen LogP contribution in [0.4, 0.5) is 5.69 Å². The van der Waals surface area contributed by atoms with Gasteiger partial charge in [-0.2, -0.15) is 0 Å². The van der Waals surface area contributed by atoms with E-state index in [1.165, 1.54) is 5.56 Å². The molecule has 2 aromatic carbocycles. The fourth-order valence-corrected chi connectivity index (χ4v) is 3.34. The predicted molar refractivity (Wildman–Crippen MR) is 108 cm³/mol. The average Bonchev–Trinajstić information content (AvgIpc) is 3.09. The summed E-state index contributed by atoms with van der Waals surface area (Å²) >= 11 is 0. The van der Waals surface area contributed by atoms with Crippen LogP contribution in [0.1, 0.15) is 18.9 Å². The first-order chi connectivity index (χ1) is 13.6. The van der Waals surface area contributed by atoms with Crippen LogP contribution < -0.4 is 14.8 Å². The number of hydrogen-bond donors (Lipinski definition) is 1. The van der Waals surface area contributed by atoms with Gasteiger partial charge in [-0.1, -0.05) is 30.3 Å². The number of hydrogen-bond acceptors (Lipinski definition) is 4. The Kier molecular flexibility index (Phi) is 6.53. The molecule has 1 heterocycles. The highest BCUT2D eigenvalue weighted by Crippen LogP contribution is 2.30. The van der Waals surface area contributed by atoms with Crippen LogP contribution in [0.15, 0.2) is 48.5 Å². The maximum atomic E-state index is 12.6. The van der Waals surface area contributed by atoms with Crippen LogP contribution in [0.5, 0.6) is 11.5 Å². The molecule has 3 rings (SSSR count). The smallest absolute Gasteiger partial charge is 0.229 e. The van der Waals surface area contributed by atoms with Crippen LogP contribution in [-0.2, 0) is 16.0 Å². The molecule has 0 aliphatic carbocycles. The van der Waals surface area contributed by atoms with E-state index in [0.717, 1.165) is 6.42 Å². The predicted octanol–water partition coefficient (Wildman–Crippen LogP) is 3.12. The Bertz CT molecular complexity index is 823. The van der Waals surface area contributed by atoms with E-state index in [9.17, 15) is 9.59 Å². The lowest BCUT2D eigenvalue weighted by molar-refractivity contribution is -0.128. The molecular formula is C22H26N2O4. The Balaban J connectivity index is 1.57. The number of ether oxygens (including phenoxy) is 2. The highest BCUT2D eigenvalue weighted by Gasteiger charge is 2.34. The summed E-state index contributed by atoms with van der Waals surface area (Å²) in [5.41, 5.74) is 1.81. The SMILES string of the molecule is CCOc1ccc(NC(=O)[C@H]2CC(=O)N(CCc3ccccc3)C2)cc1OC. The molecule has 6 nitrogen and oxygen atoms in total. The van der Waals surface area contributed by atoms with Crippen molar-refractivity contribution < 1.29 is 19.1 Å². The number of anilines is 1.